The average Bonchev–Trinajstić information content (AvgIpc) is 3.00. The predicted octanol–water partition coefficient (Wildman–Crippen LogP) is 3.88. The maximum atomic E-state index is 13.7. The molecule has 0 radical (unpaired) electrons. The Bertz CT molecular complexity index is 637. The van der Waals surface area contributed by atoms with Crippen molar-refractivity contribution >= 4 is 5.91 Å². The normalized spacial score (nSPS) is 11.0. The molecule has 1 N–H and O–H groups in total. The van der Waals surface area contributed by atoms with Gasteiger partial charge < -0.3 is 14.5 Å². The van der Waals surface area contributed by atoms with E-state index in [1.54, 1.807) is 30.3 Å². The number of carbonyl (C=O) groups excluding carboxylic acids is 1. The van der Waals surface area contributed by atoms with Gasteiger partial charge in [-0.15, -0.1) is 0 Å². The molecule has 0 aliphatic heterocycles. The zero-order chi connectivity index (χ0) is 16.7. The van der Waals surface area contributed by atoms with Gasteiger partial charge in [-0.1, -0.05) is 26.0 Å². The van der Waals surface area contributed by atoms with Crippen LogP contribution in [-0.2, 0) is 4.74 Å². The van der Waals surface area contributed by atoms with Crippen LogP contribution in [0.1, 0.15) is 30.8 Å². The van der Waals surface area contributed by atoms with Gasteiger partial charge in [-0.2, -0.15) is 0 Å². The van der Waals surface area contributed by atoms with E-state index < -0.39 is 0 Å². The molecule has 1 aromatic carbocycles. The molecule has 1 aromatic heterocycles. The summed E-state index contributed by atoms with van der Waals surface area (Å²) in [5.74, 6) is 0.330. The number of halogens is 1. The molecule has 0 atom stereocenters. The molecule has 23 heavy (non-hydrogen) atoms. The Hall–Kier alpha value is -2.14. The highest BCUT2D eigenvalue weighted by Gasteiger charge is 2.13. The minimum Gasteiger partial charge on any atom is -0.451 e. The molecule has 0 spiro atoms. The average molecular weight is 319 g/mol. The van der Waals surface area contributed by atoms with Gasteiger partial charge in [-0.05, 0) is 36.6 Å². The van der Waals surface area contributed by atoms with Crippen molar-refractivity contribution in [3.63, 3.8) is 0 Å². The van der Waals surface area contributed by atoms with E-state index in [2.05, 4.69) is 19.2 Å². The van der Waals surface area contributed by atoms with Crippen LogP contribution >= 0.6 is 0 Å². The molecule has 0 fully saturated rings. The predicted molar refractivity (Wildman–Crippen MR) is 86.7 cm³/mol. The van der Waals surface area contributed by atoms with Gasteiger partial charge >= 0.3 is 0 Å². The summed E-state index contributed by atoms with van der Waals surface area (Å²) in [6, 6.07) is 9.44. The van der Waals surface area contributed by atoms with Gasteiger partial charge in [0.2, 0.25) is 0 Å². The Balaban J connectivity index is 1.81. The van der Waals surface area contributed by atoms with E-state index in [9.17, 15) is 9.18 Å². The number of amides is 1. The number of hydrogen-bond acceptors (Lipinski definition) is 3. The van der Waals surface area contributed by atoms with Gasteiger partial charge in [0.15, 0.2) is 5.76 Å². The summed E-state index contributed by atoms with van der Waals surface area (Å²) in [6.45, 7) is 6.01. The molecule has 0 aliphatic rings. The fraction of sp³-hybridized carbons (Fsp3) is 0.389. The number of hydrogen-bond donors (Lipinski definition) is 1. The van der Waals surface area contributed by atoms with Crippen LogP contribution in [0.4, 0.5) is 4.39 Å². The van der Waals surface area contributed by atoms with Crippen LogP contribution < -0.4 is 5.32 Å². The molecule has 0 bridgehead atoms. The first-order chi connectivity index (χ1) is 11.1. The summed E-state index contributed by atoms with van der Waals surface area (Å²) in [4.78, 5) is 12.0. The Morgan fingerprint density at radius 1 is 1.26 bits per heavy atom. The lowest BCUT2D eigenvalue weighted by Crippen LogP contribution is -2.25. The lowest BCUT2D eigenvalue weighted by atomic mass is 10.1. The highest BCUT2D eigenvalue weighted by molar-refractivity contribution is 5.92. The Kier molecular flexibility index (Phi) is 6.35. The summed E-state index contributed by atoms with van der Waals surface area (Å²) < 4.78 is 24.6. The first-order valence-corrected chi connectivity index (χ1v) is 7.78. The van der Waals surface area contributed by atoms with Crippen molar-refractivity contribution in [3.8, 4) is 11.3 Å². The van der Waals surface area contributed by atoms with Crippen LogP contribution in [0.5, 0.6) is 0 Å². The summed E-state index contributed by atoms with van der Waals surface area (Å²) >= 11 is 0. The first-order valence-electron chi connectivity index (χ1n) is 7.78. The lowest BCUT2D eigenvalue weighted by molar-refractivity contribution is 0.0901. The third-order valence-corrected chi connectivity index (χ3v) is 3.17. The Morgan fingerprint density at radius 2 is 2.04 bits per heavy atom. The molecule has 2 rings (SSSR count). The van der Waals surface area contributed by atoms with E-state index >= 15 is 0 Å². The molecule has 0 unspecified atom stereocenters. The van der Waals surface area contributed by atoms with E-state index in [0.29, 0.717) is 30.4 Å². The summed E-state index contributed by atoms with van der Waals surface area (Å²) in [5, 5.41) is 2.76. The molecule has 0 aliphatic carbocycles. The highest BCUT2D eigenvalue weighted by Crippen LogP contribution is 2.24. The SMILES string of the molecule is CC(C)COCCCNC(=O)c1ccc(-c2ccccc2F)o1. The van der Waals surface area contributed by atoms with Gasteiger partial charge in [0.05, 0.1) is 5.56 Å². The van der Waals surface area contributed by atoms with Crippen molar-refractivity contribution in [3.05, 3.63) is 48.0 Å². The van der Waals surface area contributed by atoms with Crippen LogP contribution in [0.15, 0.2) is 40.8 Å². The van der Waals surface area contributed by atoms with Crippen molar-refractivity contribution in [1.29, 1.82) is 0 Å². The van der Waals surface area contributed by atoms with Gasteiger partial charge in [0.25, 0.3) is 5.91 Å². The zero-order valence-electron chi connectivity index (χ0n) is 13.5. The number of benzene rings is 1. The number of nitrogens with one attached hydrogen (secondary N) is 1. The molecule has 5 heteroatoms. The van der Waals surface area contributed by atoms with Crippen molar-refractivity contribution in [2.45, 2.75) is 20.3 Å². The molecule has 0 saturated carbocycles. The Labute approximate surface area is 135 Å². The van der Waals surface area contributed by atoms with Crippen molar-refractivity contribution in [2.75, 3.05) is 19.8 Å². The maximum Gasteiger partial charge on any atom is 0.287 e. The van der Waals surface area contributed by atoms with E-state index in [1.807, 2.05) is 0 Å². The fourth-order valence-corrected chi connectivity index (χ4v) is 2.05. The number of carbonyl (C=O) groups is 1. The summed E-state index contributed by atoms with van der Waals surface area (Å²) in [6.07, 6.45) is 0.735. The van der Waals surface area contributed by atoms with Gasteiger partial charge in [0.1, 0.15) is 11.6 Å². The summed E-state index contributed by atoms with van der Waals surface area (Å²) in [7, 11) is 0. The first kappa shape index (κ1) is 17.2. The van der Waals surface area contributed by atoms with Gasteiger partial charge in [-0.3, -0.25) is 4.79 Å². The number of furan rings is 1. The lowest BCUT2D eigenvalue weighted by Gasteiger charge is -2.07. The molecular weight excluding hydrogens is 297 g/mol. The van der Waals surface area contributed by atoms with Crippen molar-refractivity contribution in [1.82, 2.24) is 5.32 Å². The molecular formula is C18H22FNO3. The molecule has 1 amide bonds. The molecule has 4 nitrogen and oxygen atoms in total. The van der Waals surface area contributed by atoms with E-state index in [4.69, 9.17) is 9.15 Å². The topological polar surface area (TPSA) is 51.5 Å². The minimum atomic E-state index is -0.379. The fourth-order valence-electron chi connectivity index (χ4n) is 2.05. The van der Waals surface area contributed by atoms with E-state index in [0.717, 1.165) is 13.0 Å². The van der Waals surface area contributed by atoms with Crippen molar-refractivity contribution < 1.29 is 18.3 Å². The molecule has 124 valence electrons. The second kappa shape index (κ2) is 8.48. The van der Waals surface area contributed by atoms with Crippen LogP contribution in [-0.4, -0.2) is 25.7 Å². The third-order valence-electron chi connectivity index (χ3n) is 3.17. The van der Waals surface area contributed by atoms with E-state index in [-0.39, 0.29) is 17.5 Å². The standard InChI is InChI=1S/C18H22FNO3/c1-13(2)12-22-11-5-10-20-18(21)17-9-8-16(23-17)14-6-3-4-7-15(14)19/h3-4,6-9,13H,5,10-12H2,1-2H3,(H,20,21). The Morgan fingerprint density at radius 3 is 2.78 bits per heavy atom. The minimum absolute atomic E-state index is 0.173. The highest BCUT2D eigenvalue weighted by atomic mass is 19.1. The van der Waals surface area contributed by atoms with Crippen LogP contribution in [0.25, 0.3) is 11.3 Å². The van der Waals surface area contributed by atoms with Crippen molar-refractivity contribution in [2.24, 2.45) is 5.92 Å². The number of ether oxygens (including phenoxy) is 1. The number of rotatable bonds is 8. The largest absolute Gasteiger partial charge is 0.451 e. The molecule has 0 saturated heterocycles. The van der Waals surface area contributed by atoms with E-state index in [1.165, 1.54) is 6.07 Å². The van der Waals surface area contributed by atoms with Gasteiger partial charge in [-0.25, -0.2) is 4.39 Å². The molecule has 1 heterocycles. The maximum absolute atomic E-state index is 13.7. The second-order valence-electron chi connectivity index (χ2n) is 5.72. The van der Waals surface area contributed by atoms with Gasteiger partial charge in [0, 0.05) is 19.8 Å². The molecule has 2 aromatic rings. The third kappa shape index (κ3) is 5.21. The van der Waals surface area contributed by atoms with Crippen LogP contribution in [0, 0.1) is 11.7 Å². The smallest absolute Gasteiger partial charge is 0.287 e. The van der Waals surface area contributed by atoms with Crippen LogP contribution in [0.2, 0.25) is 0 Å². The summed E-state index contributed by atoms with van der Waals surface area (Å²) in [5.41, 5.74) is 0.341. The second-order valence-corrected chi connectivity index (χ2v) is 5.72. The zero-order valence-corrected chi connectivity index (χ0v) is 13.5. The quantitative estimate of drug-likeness (QED) is 0.751. The van der Waals surface area contributed by atoms with Crippen LogP contribution in [0.3, 0.4) is 0 Å². The monoisotopic (exact) mass is 319 g/mol.